The van der Waals surface area contributed by atoms with E-state index in [0.29, 0.717) is 55.1 Å². The lowest BCUT2D eigenvalue weighted by Crippen LogP contribution is -2.62. The van der Waals surface area contributed by atoms with Crippen molar-refractivity contribution >= 4 is 22.6 Å². The fourth-order valence-corrected chi connectivity index (χ4v) is 8.92. The molecule has 2 amide bonds. The van der Waals surface area contributed by atoms with Gasteiger partial charge in [-0.3, -0.25) is 19.3 Å². The summed E-state index contributed by atoms with van der Waals surface area (Å²) in [5.41, 5.74) is 1.70. The van der Waals surface area contributed by atoms with Crippen LogP contribution in [-0.4, -0.2) is 119 Å². The average Bonchev–Trinajstić information content (AvgIpc) is 3.09. The number of carbonyl (C=O) groups excluding carboxylic acids is 2. The zero-order chi connectivity index (χ0) is 32.8. The third kappa shape index (κ3) is 6.05. The first-order valence-corrected chi connectivity index (χ1v) is 17.9. The van der Waals surface area contributed by atoms with Gasteiger partial charge in [-0.05, 0) is 93.9 Å². The van der Waals surface area contributed by atoms with Crippen LogP contribution in [0.15, 0.2) is 47.3 Å². The van der Waals surface area contributed by atoms with Crippen LogP contribution >= 0.6 is 0 Å². The summed E-state index contributed by atoms with van der Waals surface area (Å²) in [6.45, 7) is 8.53. The normalized spacial score (nSPS) is 22.9. The Labute approximate surface area is 280 Å². The zero-order valence-electron chi connectivity index (χ0n) is 27.6. The molecule has 2 N–H and O–H groups in total. The Bertz CT molecular complexity index is 1730. The van der Waals surface area contributed by atoms with Gasteiger partial charge < -0.3 is 20.0 Å². The van der Waals surface area contributed by atoms with Gasteiger partial charge in [0.15, 0.2) is 0 Å². The first-order chi connectivity index (χ1) is 23.4. The van der Waals surface area contributed by atoms with E-state index >= 15 is 0 Å². The topological polar surface area (TPSA) is 105 Å². The molecule has 1 aromatic heterocycles. The van der Waals surface area contributed by atoms with E-state index in [1.165, 1.54) is 44.8 Å². The molecule has 0 atom stereocenters. The van der Waals surface area contributed by atoms with Gasteiger partial charge in [0.05, 0.1) is 16.6 Å². The van der Waals surface area contributed by atoms with Crippen molar-refractivity contribution in [1.82, 2.24) is 35.1 Å². The van der Waals surface area contributed by atoms with Crippen molar-refractivity contribution in [2.45, 2.75) is 57.0 Å². The average molecular weight is 656 g/mol. The highest BCUT2D eigenvalue weighted by Crippen LogP contribution is 2.51. The molecule has 10 nitrogen and oxygen atoms in total. The Morgan fingerprint density at radius 3 is 2.19 bits per heavy atom. The number of likely N-dealkylation sites (tertiary alicyclic amines) is 2. The number of rotatable bonds is 6. The molecule has 11 heteroatoms. The number of hydrogen-bond donors (Lipinski definition) is 2. The Morgan fingerprint density at radius 1 is 0.833 bits per heavy atom. The molecule has 1 saturated carbocycles. The smallest absolute Gasteiger partial charge is 0.272 e. The lowest BCUT2D eigenvalue weighted by molar-refractivity contribution is -0.139. The van der Waals surface area contributed by atoms with Crippen LogP contribution < -0.4 is 10.9 Å². The van der Waals surface area contributed by atoms with Crippen LogP contribution in [0.3, 0.4) is 0 Å². The van der Waals surface area contributed by atoms with Crippen molar-refractivity contribution in [2.75, 3.05) is 65.4 Å². The Kier molecular flexibility index (Phi) is 8.54. The lowest BCUT2D eigenvalue weighted by Gasteiger charge is -2.57. The maximum atomic E-state index is 15.0. The molecule has 0 bridgehead atoms. The van der Waals surface area contributed by atoms with Crippen LogP contribution in [0.1, 0.15) is 60.1 Å². The van der Waals surface area contributed by atoms with Gasteiger partial charge in [-0.25, -0.2) is 9.49 Å². The maximum absolute atomic E-state index is 15.0. The second kappa shape index (κ2) is 13.0. The molecule has 48 heavy (non-hydrogen) atoms. The summed E-state index contributed by atoms with van der Waals surface area (Å²) in [6.07, 6.45) is 7.48. The zero-order valence-corrected chi connectivity index (χ0v) is 27.6. The van der Waals surface area contributed by atoms with Gasteiger partial charge in [0, 0.05) is 69.1 Å². The number of nitrogens with one attached hydrogen (secondary N) is 2. The number of fused-ring (bicyclic) bond motifs is 1. The van der Waals surface area contributed by atoms with Crippen LogP contribution in [0, 0.1) is 17.2 Å². The number of H-pyrrole nitrogens is 1. The first-order valence-electron chi connectivity index (χ1n) is 17.9. The molecule has 5 aliphatic rings. The number of hydrogen-bond acceptors (Lipinski definition) is 7. The SMILES string of the molecule is O=C(c1cc(Cc2n[nH]c(=O)c3ccccc23)ccc1F)N1CCN(C(=O)C2CCN(C3CC4(CCN(C5CNC5)CC4)C3)CC2)CC1. The first kappa shape index (κ1) is 31.6. The number of piperazine rings is 1. The minimum atomic E-state index is -0.567. The minimum Gasteiger partial charge on any atom is -0.339 e. The monoisotopic (exact) mass is 655 g/mol. The molecular formula is C37H46FN7O3. The summed E-state index contributed by atoms with van der Waals surface area (Å²) in [7, 11) is 0. The van der Waals surface area contributed by atoms with E-state index in [0.717, 1.165) is 56.0 Å². The van der Waals surface area contributed by atoms with Gasteiger partial charge >= 0.3 is 0 Å². The van der Waals surface area contributed by atoms with Gasteiger partial charge in [-0.15, -0.1) is 0 Å². The summed E-state index contributed by atoms with van der Waals surface area (Å²) in [6, 6.07) is 13.2. The maximum Gasteiger partial charge on any atom is 0.272 e. The predicted molar refractivity (Wildman–Crippen MR) is 181 cm³/mol. The van der Waals surface area contributed by atoms with Crippen LogP contribution in [0.5, 0.6) is 0 Å². The summed E-state index contributed by atoms with van der Waals surface area (Å²) in [5, 5.41) is 11.4. The van der Waals surface area contributed by atoms with Crippen LogP contribution in [0.2, 0.25) is 0 Å². The van der Waals surface area contributed by atoms with Gasteiger partial charge in [0.1, 0.15) is 5.82 Å². The molecule has 0 radical (unpaired) electrons. The van der Waals surface area contributed by atoms with Crippen molar-refractivity contribution in [1.29, 1.82) is 0 Å². The van der Waals surface area contributed by atoms with Gasteiger partial charge in [0.25, 0.3) is 11.5 Å². The summed E-state index contributed by atoms with van der Waals surface area (Å²) >= 11 is 0. The van der Waals surface area contributed by atoms with Crippen LogP contribution in [0.25, 0.3) is 10.8 Å². The number of aromatic nitrogens is 2. The molecule has 4 aliphatic heterocycles. The molecule has 1 spiro atoms. The van der Waals surface area contributed by atoms with Gasteiger partial charge in [-0.1, -0.05) is 24.3 Å². The standard InChI is InChI=1S/C37H46FN7O3/c38-32-6-5-25(20-33-29-3-1-2-4-30(29)34(46)41-40-33)19-31(32)36(48)45-17-15-44(16-18-45)35(47)26-7-11-42(12-8-26)27-21-37(22-27)9-13-43(14-10-37)28-23-39-24-28/h1-6,19,26-28,39H,7-18,20-24H2,(H,41,46). The van der Waals surface area contributed by atoms with E-state index in [-0.39, 0.29) is 28.9 Å². The van der Waals surface area contributed by atoms with Gasteiger partial charge in [-0.2, -0.15) is 5.10 Å². The molecule has 3 aromatic rings. The van der Waals surface area contributed by atoms with Crippen molar-refractivity contribution in [2.24, 2.45) is 11.3 Å². The Morgan fingerprint density at radius 2 is 1.50 bits per heavy atom. The number of aromatic amines is 1. The van der Waals surface area contributed by atoms with Gasteiger partial charge in [0.2, 0.25) is 5.91 Å². The number of benzene rings is 2. The fraction of sp³-hybridized carbons (Fsp3) is 0.568. The number of halogens is 1. The highest BCUT2D eigenvalue weighted by molar-refractivity contribution is 5.95. The summed E-state index contributed by atoms with van der Waals surface area (Å²) in [5.74, 6) is -0.678. The number of piperidine rings is 2. The highest BCUT2D eigenvalue weighted by Gasteiger charge is 2.49. The predicted octanol–water partition coefficient (Wildman–Crippen LogP) is 2.87. The highest BCUT2D eigenvalue weighted by atomic mass is 19.1. The molecular weight excluding hydrogens is 609 g/mol. The molecule has 8 rings (SSSR count). The molecule has 5 heterocycles. The second-order valence-electron chi connectivity index (χ2n) is 14.9. The lowest BCUT2D eigenvalue weighted by atomic mass is 9.59. The number of amides is 2. The molecule has 1 aliphatic carbocycles. The van der Waals surface area contributed by atoms with Crippen molar-refractivity contribution < 1.29 is 14.0 Å². The minimum absolute atomic E-state index is 0.0207. The molecule has 5 fully saturated rings. The fourth-order valence-electron chi connectivity index (χ4n) is 8.92. The molecule has 254 valence electrons. The largest absolute Gasteiger partial charge is 0.339 e. The van der Waals surface area contributed by atoms with Crippen molar-refractivity contribution in [3.05, 3.63) is 75.5 Å². The van der Waals surface area contributed by atoms with E-state index < -0.39 is 5.82 Å². The molecule has 0 unspecified atom stereocenters. The Balaban J connectivity index is 0.812. The number of carbonyl (C=O) groups is 2. The van der Waals surface area contributed by atoms with Crippen molar-refractivity contribution in [3.8, 4) is 0 Å². The third-order valence-electron chi connectivity index (χ3n) is 12.2. The second-order valence-corrected chi connectivity index (χ2v) is 14.9. The van der Waals surface area contributed by atoms with E-state index in [1.807, 2.05) is 17.0 Å². The van der Waals surface area contributed by atoms with Crippen LogP contribution in [-0.2, 0) is 11.2 Å². The van der Waals surface area contributed by atoms with E-state index in [1.54, 1.807) is 29.2 Å². The Hall–Kier alpha value is -3.67. The van der Waals surface area contributed by atoms with E-state index in [2.05, 4.69) is 25.3 Å². The van der Waals surface area contributed by atoms with Crippen LogP contribution in [0.4, 0.5) is 4.39 Å². The van der Waals surface area contributed by atoms with E-state index in [4.69, 9.17) is 0 Å². The molecule has 4 saturated heterocycles. The third-order valence-corrected chi connectivity index (χ3v) is 12.2. The summed E-state index contributed by atoms with van der Waals surface area (Å²) in [4.78, 5) is 48.1. The van der Waals surface area contributed by atoms with Crippen molar-refractivity contribution in [3.63, 3.8) is 0 Å². The number of nitrogens with zero attached hydrogens (tertiary/aromatic N) is 5. The van der Waals surface area contributed by atoms with E-state index in [9.17, 15) is 18.8 Å². The summed E-state index contributed by atoms with van der Waals surface area (Å²) < 4.78 is 15.0. The quantitative estimate of drug-likeness (QED) is 0.421. The molecule has 2 aromatic carbocycles.